The number of anilines is 1. The molecule has 44 heavy (non-hydrogen) atoms. The summed E-state index contributed by atoms with van der Waals surface area (Å²) in [7, 11) is -4.53. The zero-order valence-electron chi connectivity index (χ0n) is 24.1. The fraction of sp³-hybridized carbons (Fsp3) is 0.355. The first-order valence-electron chi connectivity index (χ1n) is 14.0. The Hall–Kier alpha value is -3.28. The number of alkyl halides is 3. The van der Waals surface area contributed by atoms with Crippen molar-refractivity contribution in [3.05, 3.63) is 93.5 Å². The van der Waals surface area contributed by atoms with Crippen LogP contribution < -0.4 is 9.62 Å². The fourth-order valence-corrected chi connectivity index (χ4v) is 6.74. The van der Waals surface area contributed by atoms with E-state index in [2.05, 4.69) is 5.32 Å². The average Bonchev–Trinajstić information content (AvgIpc) is 3.48. The van der Waals surface area contributed by atoms with Crippen LogP contribution in [0.25, 0.3) is 0 Å². The number of benzene rings is 3. The molecule has 4 rings (SSSR count). The van der Waals surface area contributed by atoms with E-state index in [0.29, 0.717) is 15.9 Å². The van der Waals surface area contributed by atoms with Crippen LogP contribution in [0, 0.1) is 6.92 Å². The third-order valence-corrected chi connectivity index (χ3v) is 10.1. The van der Waals surface area contributed by atoms with Gasteiger partial charge in [-0.2, -0.15) is 13.2 Å². The Morgan fingerprint density at radius 3 is 2.25 bits per heavy atom. The highest BCUT2D eigenvalue weighted by Crippen LogP contribution is 2.33. The molecule has 13 heteroatoms. The highest BCUT2D eigenvalue weighted by atomic mass is 35.5. The second-order valence-electron chi connectivity index (χ2n) is 10.8. The third-order valence-electron chi connectivity index (χ3n) is 7.56. The first-order chi connectivity index (χ1) is 20.7. The number of halogens is 5. The molecule has 236 valence electrons. The van der Waals surface area contributed by atoms with E-state index < -0.39 is 46.2 Å². The molecule has 2 amide bonds. The molecule has 0 aliphatic heterocycles. The molecule has 0 heterocycles. The van der Waals surface area contributed by atoms with Gasteiger partial charge in [-0.25, -0.2) is 8.42 Å². The normalized spacial score (nSPS) is 14.7. The van der Waals surface area contributed by atoms with E-state index in [9.17, 15) is 31.2 Å². The van der Waals surface area contributed by atoms with Gasteiger partial charge in [0.15, 0.2) is 0 Å². The summed E-state index contributed by atoms with van der Waals surface area (Å²) in [5, 5.41) is 3.45. The van der Waals surface area contributed by atoms with Crippen molar-refractivity contribution in [2.24, 2.45) is 0 Å². The van der Waals surface area contributed by atoms with Crippen molar-refractivity contribution in [3.8, 4) is 0 Å². The minimum atomic E-state index is -4.76. The molecule has 3 aromatic carbocycles. The highest BCUT2D eigenvalue weighted by Gasteiger charge is 2.35. The van der Waals surface area contributed by atoms with Gasteiger partial charge in [0.25, 0.3) is 10.0 Å². The van der Waals surface area contributed by atoms with Gasteiger partial charge in [0.05, 0.1) is 26.2 Å². The van der Waals surface area contributed by atoms with Crippen molar-refractivity contribution < 1.29 is 31.2 Å². The number of carbonyl (C=O) groups excluding carboxylic acids is 2. The van der Waals surface area contributed by atoms with Gasteiger partial charge in [0, 0.05) is 12.6 Å². The molecular formula is C31H32Cl2F3N3O4S. The van der Waals surface area contributed by atoms with Crippen molar-refractivity contribution in [2.45, 2.75) is 69.2 Å². The molecule has 7 nitrogen and oxygen atoms in total. The van der Waals surface area contributed by atoms with Gasteiger partial charge in [-0.3, -0.25) is 13.9 Å². The van der Waals surface area contributed by atoms with Crippen LogP contribution in [0.1, 0.15) is 49.3 Å². The predicted molar refractivity (Wildman–Crippen MR) is 164 cm³/mol. The maximum atomic E-state index is 14.0. The lowest BCUT2D eigenvalue weighted by atomic mass is 10.1. The lowest BCUT2D eigenvalue weighted by Gasteiger charge is -2.32. The second kappa shape index (κ2) is 13.8. The van der Waals surface area contributed by atoms with Crippen LogP contribution in [0.2, 0.25) is 10.0 Å². The smallest absolute Gasteiger partial charge is 0.352 e. The van der Waals surface area contributed by atoms with Crippen molar-refractivity contribution in [2.75, 3.05) is 10.8 Å². The molecule has 0 saturated heterocycles. The van der Waals surface area contributed by atoms with Gasteiger partial charge in [0.1, 0.15) is 12.6 Å². The number of sulfonamides is 1. The van der Waals surface area contributed by atoms with Gasteiger partial charge < -0.3 is 10.2 Å². The van der Waals surface area contributed by atoms with Crippen LogP contribution in [0.4, 0.5) is 18.9 Å². The highest BCUT2D eigenvalue weighted by molar-refractivity contribution is 7.92. The van der Waals surface area contributed by atoms with Gasteiger partial charge in [0.2, 0.25) is 11.8 Å². The summed E-state index contributed by atoms with van der Waals surface area (Å²) in [4.78, 5) is 28.3. The van der Waals surface area contributed by atoms with Crippen molar-refractivity contribution in [3.63, 3.8) is 0 Å². The van der Waals surface area contributed by atoms with Crippen molar-refractivity contribution in [1.29, 1.82) is 0 Å². The molecule has 1 saturated carbocycles. The Balaban J connectivity index is 1.74. The number of carbonyl (C=O) groups is 2. The second-order valence-corrected chi connectivity index (χ2v) is 13.5. The van der Waals surface area contributed by atoms with Crippen LogP contribution in [0.5, 0.6) is 0 Å². The summed E-state index contributed by atoms with van der Waals surface area (Å²) in [6.07, 6.45) is -1.22. The van der Waals surface area contributed by atoms with Gasteiger partial charge in [-0.1, -0.05) is 65.9 Å². The zero-order chi connectivity index (χ0) is 32.2. The van der Waals surface area contributed by atoms with E-state index in [1.165, 1.54) is 42.2 Å². The van der Waals surface area contributed by atoms with E-state index in [1.54, 1.807) is 25.1 Å². The molecule has 0 aromatic heterocycles. The number of aryl methyl sites for hydroxylation is 1. The molecule has 1 aliphatic rings. The first kappa shape index (κ1) is 33.6. The molecular weight excluding hydrogens is 638 g/mol. The largest absolute Gasteiger partial charge is 0.416 e. The van der Waals surface area contributed by atoms with Crippen LogP contribution in [0.15, 0.2) is 71.6 Å². The molecule has 1 N–H and O–H groups in total. The van der Waals surface area contributed by atoms with E-state index in [1.807, 2.05) is 0 Å². The quantitative estimate of drug-likeness (QED) is 0.252. The Morgan fingerprint density at radius 2 is 1.64 bits per heavy atom. The van der Waals surface area contributed by atoms with Crippen LogP contribution in [-0.2, 0) is 32.3 Å². The van der Waals surface area contributed by atoms with Crippen LogP contribution in [-0.4, -0.2) is 43.8 Å². The Bertz CT molecular complexity index is 1610. The fourth-order valence-electron chi connectivity index (χ4n) is 5.01. The van der Waals surface area contributed by atoms with E-state index in [4.69, 9.17) is 23.2 Å². The van der Waals surface area contributed by atoms with Gasteiger partial charge >= 0.3 is 6.18 Å². The molecule has 0 radical (unpaired) electrons. The average molecular weight is 671 g/mol. The molecule has 1 aliphatic carbocycles. The number of amides is 2. The van der Waals surface area contributed by atoms with E-state index in [0.717, 1.165) is 43.4 Å². The summed E-state index contributed by atoms with van der Waals surface area (Å²) < 4.78 is 69.4. The first-order valence-corrected chi connectivity index (χ1v) is 16.2. The van der Waals surface area contributed by atoms with Crippen LogP contribution in [0.3, 0.4) is 0 Å². The van der Waals surface area contributed by atoms with Crippen LogP contribution >= 0.6 is 23.2 Å². The zero-order valence-corrected chi connectivity index (χ0v) is 26.4. The summed E-state index contributed by atoms with van der Waals surface area (Å²) in [6.45, 7) is 2.25. The number of hydrogen-bond acceptors (Lipinski definition) is 4. The summed E-state index contributed by atoms with van der Waals surface area (Å²) in [5.41, 5.74) is -0.157. The lowest BCUT2D eigenvalue weighted by Crippen LogP contribution is -2.52. The Morgan fingerprint density at radius 1 is 0.977 bits per heavy atom. The Labute approximate surface area is 265 Å². The van der Waals surface area contributed by atoms with E-state index >= 15 is 0 Å². The maximum absolute atomic E-state index is 14.0. The summed E-state index contributed by atoms with van der Waals surface area (Å²) in [6, 6.07) is 13.1. The third kappa shape index (κ3) is 8.05. The summed E-state index contributed by atoms with van der Waals surface area (Å²) in [5.74, 6) is -1.24. The predicted octanol–water partition coefficient (Wildman–Crippen LogP) is 6.99. The lowest BCUT2D eigenvalue weighted by molar-refractivity contribution is -0.139. The molecule has 1 atom stereocenters. The van der Waals surface area contributed by atoms with Crippen molar-refractivity contribution in [1.82, 2.24) is 10.2 Å². The number of nitrogens with zero attached hydrogens (tertiary/aromatic N) is 2. The summed E-state index contributed by atoms with van der Waals surface area (Å²) >= 11 is 12.3. The standard InChI is InChI=1S/C31H32Cl2F3N3O4S/c1-20-10-13-26(14-11-20)44(42,43)39(25-9-5-6-23(17-25)31(34,35)36)19-29(40)38(18-22-12-15-27(32)28(33)16-22)21(2)30(41)37-24-7-3-4-8-24/h5-6,9-17,21,24H,3-4,7-8,18-19H2,1-2H3,(H,37,41)/t21-/m1/s1. The minimum absolute atomic E-state index is 0.0459. The van der Waals surface area contributed by atoms with Gasteiger partial charge in [-0.05, 0) is 74.7 Å². The van der Waals surface area contributed by atoms with Crippen molar-refractivity contribution >= 4 is 50.7 Å². The topological polar surface area (TPSA) is 86.8 Å². The van der Waals surface area contributed by atoms with E-state index in [-0.39, 0.29) is 33.2 Å². The van der Waals surface area contributed by atoms with Gasteiger partial charge in [-0.15, -0.1) is 0 Å². The number of nitrogens with one attached hydrogen (secondary N) is 1. The molecule has 1 fully saturated rings. The number of rotatable bonds is 10. The molecule has 0 bridgehead atoms. The minimum Gasteiger partial charge on any atom is -0.352 e. The Kier molecular flexibility index (Phi) is 10.5. The number of hydrogen-bond donors (Lipinski definition) is 1. The monoisotopic (exact) mass is 669 g/mol. The molecule has 0 unspecified atom stereocenters. The maximum Gasteiger partial charge on any atom is 0.416 e. The molecule has 0 spiro atoms. The SMILES string of the molecule is Cc1ccc(S(=O)(=O)N(CC(=O)N(Cc2ccc(Cl)c(Cl)c2)[C@H](C)C(=O)NC2CCCC2)c2cccc(C(F)(F)F)c2)cc1. The molecule has 3 aromatic rings.